The number of pyridine rings is 1. The van der Waals surface area contributed by atoms with Crippen molar-refractivity contribution in [2.75, 3.05) is 5.32 Å². The van der Waals surface area contributed by atoms with Crippen LogP contribution in [-0.4, -0.2) is 20.3 Å². The number of imidazole rings is 1. The van der Waals surface area contributed by atoms with E-state index in [0.717, 1.165) is 11.3 Å². The van der Waals surface area contributed by atoms with Gasteiger partial charge in [-0.15, -0.1) is 0 Å². The first-order valence-corrected chi connectivity index (χ1v) is 9.89. The number of rotatable bonds is 5. The number of aryl methyl sites for hydroxylation is 2. The SMILES string of the molecule is Cc1ccc2nc(COc3ccc(C(=O)Nc4ccc5oc(C)nc5c4)cc3)cn2c1. The lowest BCUT2D eigenvalue weighted by Gasteiger charge is -2.07. The largest absolute Gasteiger partial charge is 0.487 e. The van der Waals surface area contributed by atoms with Gasteiger partial charge in [0.25, 0.3) is 5.91 Å². The summed E-state index contributed by atoms with van der Waals surface area (Å²) >= 11 is 0. The fourth-order valence-electron chi connectivity index (χ4n) is 3.41. The predicted octanol–water partition coefficient (Wildman–Crippen LogP) is 4.92. The number of benzene rings is 2. The summed E-state index contributed by atoms with van der Waals surface area (Å²) in [7, 11) is 0. The van der Waals surface area contributed by atoms with Crippen LogP contribution in [0.5, 0.6) is 5.75 Å². The van der Waals surface area contributed by atoms with E-state index < -0.39 is 0 Å². The van der Waals surface area contributed by atoms with Crippen LogP contribution < -0.4 is 10.1 Å². The molecule has 0 saturated carbocycles. The molecule has 1 N–H and O–H groups in total. The molecule has 154 valence electrons. The van der Waals surface area contributed by atoms with E-state index in [-0.39, 0.29) is 5.91 Å². The molecule has 0 radical (unpaired) electrons. The molecule has 31 heavy (non-hydrogen) atoms. The Kier molecular flexibility index (Phi) is 4.63. The molecule has 2 aromatic carbocycles. The lowest BCUT2D eigenvalue weighted by Crippen LogP contribution is -2.11. The molecule has 7 heteroatoms. The van der Waals surface area contributed by atoms with E-state index in [9.17, 15) is 4.79 Å². The van der Waals surface area contributed by atoms with Gasteiger partial charge in [0.2, 0.25) is 0 Å². The molecule has 0 aliphatic carbocycles. The third-order valence-corrected chi connectivity index (χ3v) is 4.90. The zero-order valence-corrected chi connectivity index (χ0v) is 17.1. The molecule has 5 aromatic rings. The van der Waals surface area contributed by atoms with Gasteiger partial charge in [-0.2, -0.15) is 0 Å². The maximum atomic E-state index is 12.6. The van der Waals surface area contributed by atoms with Crippen LogP contribution in [0.3, 0.4) is 0 Å². The van der Waals surface area contributed by atoms with Gasteiger partial charge in [-0.1, -0.05) is 6.07 Å². The summed E-state index contributed by atoms with van der Waals surface area (Å²) in [5.74, 6) is 1.05. The standard InChI is InChI=1S/C24H20N4O3/c1-15-3-10-23-26-19(13-28(23)12-15)14-30-20-7-4-17(5-8-20)24(29)27-18-6-9-22-21(11-18)25-16(2)31-22/h3-13H,14H2,1-2H3,(H,27,29). The van der Waals surface area contributed by atoms with Crippen molar-refractivity contribution in [2.24, 2.45) is 0 Å². The minimum Gasteiger partial charge on any atom is -0.487 e. The molecule has 0 spiro atoms. The number of nitrogens with zero attached hydrogens (tertiary/aromatic N) is 3. The minimum absolute atomic E-state index is 0.207. The molecular formula is C24H20N4O3. The Morgan fingerprint density at radius 1 is 1.03 bits per heavy atom. The third kappa shape index (κ3) is 3.98. The van der Waals surface area contributed by atoms with Crippen molar-refractivity contribution in [1.29, 1.82) is 0 Å². The van der Waals surface area contributed by atoms with Crippen molar-refractivity contribution in [2.45, 2.75) is 20.5 Å². The monoisotopic (exact) mass is 412 g/mol. The quantitative estimate of drug-likeness (QED) is 0.443. The molecule has 5 rings (SSSR count). The number of oxazole rings is 1. The van der Waals surface area contributed by atoms with Gasteiger partial charge in [0, 0.05) is 30.6 Å². The molecule has 3 heterocycles. The van der Waals surface area contributed by atoms with Crippen molar-refractivity contribution >= 4 is 28.3 Å². The Bertz CT molecular complexity index is 1400. The zero-order chi connectivity index (χ0) is 21.4. The number of nitrogens with one attached hydrogen (secondary N) is 1. The van der Waals surface area contributed by atoms with Crippen LogP contribution in [0.2, 0.25) is 0 Å². The van der Waals surface area contributed by atoms with Crippen molar-refractivity contribution in [3.8, 4) is 5.75 Å². The number of hydrogen-bond acceptors (Lipinski definition) is 5. The van der Waals surface area contributed by atoms with Gasteiger partial charge < -0.3 is 18.9 Å². The number of fused-ring (bicyclic) bond motifs is 2. The second-order valence-electron chi connectivity index (χ2n) is 7.39. The highest BCUT2D eigenvalue weighted by Crippen LogP contribution is 2.21. The lowest BCUT2D eigenvalue weighted by atomic mass is 10.2. The van der Waals surface area contributed by atoms with Gasteiger partial charge in [-0.25, -0.2) is 9.97 Å². The number of anilines is 1. The highest BCUT2D eigenvalue weighted by molar-refractivity contribution is 6.04. The molecule has 0 saturated heterocycles. The Morgan fingerprint density at radius 3 is 2.71 bits per heavy atom. The predicted molar refractivity (Wildman–Crippen MR) is 117 cm³/mol. The van der Waals surface area contributed by atoms with E-state index >= 15 is 0 Å². The van der Waals surface area contributed by atoms with Crippen LogP contribution in [0.4, 0.5) is 5.69 Å². The lowest BCUT2D eigenvalue weighted by molar-refractivity contribution is 0.102. The van der Waals surface area contributed by atoms with Gasteiger partial charge in [0.1, 0.15) is 23.5 Å². The maximum Gasteiger partial charge on any atom is 0.255 e. The minimum atomic E-state index is -0.207. The van der Waals surface area contributed by atoms with E-state index in [2.05, 4.69) is 15.3 Å². The fraction of sp³-hybridized carbons (Fsp3) is 0.125. The first kappa shape index (κ1) is 18.9. The summed E-state index contributed by atoms with van der Waals surface area (Å²) in [5.41, 5.74) is 5.49. The van der Waals surface area contributed by atoms with E-state index in [1.54, 1.807) is 49.4 Å². The zero-order valence-electron chi connectivity index (χ0n) is 17.1. The normalized spacial score (nSPS) is 11.2. The number of hydrogen-bond donors (Lipinski definition) is 1. The van der Waals surface area contributed by atoms with Gasteiger partial charge in [0.05, 0.1) is 5.69 Å². The summed E-state index contributed by atoms with van der Waals surface area (Å²) in [5, 5.41) is 2.88. The van der Waals surface area contributed by atoms with Crippen molar-refractivity contribution < 1.29 is 13.9 Å². The van der Waals surface area contributed by atoms with Gasteiger partial charge >= 0.3 is 0 Å². The van der Waals surface area contributed by atoms with Crippen LogP contribution in [0, 0.1) is 13.8 Å². The van der Waals surface area contributed by atoms with Crippen molar-refractivity contribution in [3.05, 3.63) is 89.7 Å². The van der Waals surface area contributed by atoms with E-state index in [0.29, 0.717) is 40.6 Å². The number of carbonyl (C=O) groups is 1. The van der Waals surface area contributed by atoms with Crippen molar-refractivity contribution in [3.63, 3.8) is 0 Å². The number of carbonyl (C=O) groups excluding carboxylic acids is 1. The number of ether oxygens (including phenoxy) is 1. The van der Waals surface area contributed by atoms with Crippen LogP contribution in [0.15, 0.2) is 71.4 Å². The van der Waals surface area contributed by atoms with E-state index in [1.165, 1.54) is 5.56 Å². The molecule has 0 fully saturated rings. The second-order valence-corrected chi connectivity index (χ2v) is 7.39. The van der Waals surface area contributed by atoms with Gasteiger partial charge in [-0.05, 0) is 61.0 Å². The number of aromatic nitrogens is 3. The van der Waals surface area contributed by atoms with Crippen LogP contribution in [0.1, 0.15) is 27.5 Å². The summed E-state index contributed by atoms with van der Waals surface area (Å²) in [6.45, 7) is 4.18. The van der Waals surface area contributed by atoms with Crippen molar-refractivity contribution in [1.82, 2.24) is 14.4 Å². The van der Waals surface area contributed by atoms with Crippen LogP contribution in [-0.2, 0) is 6.61 Å². The molecule has 0 aliphatic rings. The Morgan fingerprint density at radius 2 is 1.87 bits per heavy atom. The molecule has 0 unspecified atom stereocenters. The topological polar surface area (TPSA) is 81.7 Å². The van der Waals surface area contributed by atoms with Gasteiger partial charge in [-0.3, -0.25) is 4.79 Å². The maximum absolute atomic E-state index is 12.6. The van der Waals surface area contributed by atoms with Gasteiger partial charge in [0.15, 0.2) is 11.5 Å². The molecular weight excluding hydrogens is 392 g/mol. The highest BCUT2D eigenvalue weighted by atomic mass is 16.5. The Labute approximate surface area is 178 Å². The highest BCUT2D eigenvalue weighted by Gasteiger charge is 2.09. The third-order valence-electron chi connectivity index (χ3n) is 4.90. The molecule has 3 aromatic heterocycles. The summed E-state index contributed by atoms with van der Waals surface area (Å²) < 4.78 is 13.3. The van der Waals surface area contributed by atoms with E-state index in [1.807, 2.05) is 35.9 Å². The fourth-order valence-corrected chi connectivity index (χ4v) is 3.41. The smallest absolute Gasteiger partial charge is 0.255 e. The molecule has 1 amide bonds. The molecule has 7 nitrogen and oxygen atoms in total. The van der Waals surface area contributed by atoms with Crippen LogP contribution >= 0.6 is 0 Å². The Hall–Kier alpha value is -4.13. The average molecular weight is 412 g/mol. The molecule has 0 atom stereocenters. The molecule has 0 bridgehead atoms. The summed E-state index contributed by atoms with van der Waals surface area (Å²) in [6, 6.07) is 16.4. The Balaban J connectivity index is 1.23. The second kappa shape index (κ2) is 7.60. The summed E-state index contributed by atoms with van der Waals surface area (Å²) in [6.07, 6.45) is 3.98. The first-order chi connectivity index (χ1) is 15.0. The molecule has 0 aliphatic heterocycles. The first-order valence-electron chi connectivity index (χ1n) is 9.89. The summed E-state index contributed by atoms with van der Waals surface area (Å²) in [4.78, 5) is 21.4. The number of amides is 1. The van der Waals surface area contributed by atoms with Crippen LogP contribution in [0.25, 0.3) is 16.7 Å². The van der Waals surface area contributed by atoms with E-state index in [4.69, 9.17) is 9.15 Å². The average Bonchev–Trinajstić information content (AvgIpc) is 3.33.